The molecule has 112 valence electrons. The number of nitrogens with two attached hydrogens (primary N) is 1. The molecule has 0 fully saturated rings. The van der Waals surface area contributed by atoms with E-state index >= 15 is 0 Å². The lowest BCUT2D eigenvalue weighted by atomic mass is 10.1. The van der Waals surface area contributed by atoms with Crippen LogP contribution in [0.15, 0.2) is 54.6 Å². The van der Waals surface area contributed by atoms with Crippen molar-refractivity contribution in [1.29, 1.82) is 0 Å². The van der Waals surface area contributed by atoms with Crippen LogP contribution in [0.1, 0.15) is 23.7 Å². The van der Waals surface area contributed by atoms with E-state index in [1.165, 1.54) is 5.56 Å². The summed E-state index contributed by atoms with van der Waals surface area (Å²) in [7, 11) is 1.66. The molecule has 2 rings (SSSR count). The van der Waals surface area contributed by atoms with Crippen molar-refractivity contribution in [3.05, 3.63) is 65.7 Å². The van der Waals surface area contributed by atoms with Crippen molar-refractivity contribution in [3.8, 4) is 5.75 Å². The number of methoxy groups -OCH3 is 1. The largest absolute Gasteiger partial charge is 0.497 e. The lowest BCUT2D eigenvalue weighted by Crippen LogP contribution is -2.16. The molecule has 0 bridgehead atoms. The highest BCUT2D eigenvalue weighted by Crippen LogP contribution is 2.21. The molecule has 0 aliphatic heterocycles. The van der Waals surface area contributed by atoms with Crippen LogP contribution in [0, 0.1) is 0 Å². The molecule has 0 saturated carbocycles. The first-order valence-corrected chi connectivity index (χ1v) is 7.33. The first-order chi connectivity index (χ1) is 10.3. The van der Waals surface area contributed by atoms with E-state index in [4.69, 9.17) is 15.2 Å². The normalized spacial score (nSPS) is 12.1. The topological polar surface area (TPSA) is 44.5 Å². The first-order valence-electron chi connectivity index (χ1n) is 7.33. The van der Waals surface area contributed by atoms with Crippen LogP contribution in [0.5, 0.6) is 5.75 Å². The van der Waals surface area contributed by atoms with Gasteiger partial charge in [0.2, 0.25) is 0 Å². The maximum Gasteiger partial charge on any atom is 0.119 e. The Kier molecular flexibility index (Phi) is 6.25. The van der Waals surface area contributed by atoms with Gasteiger partial charge in [0.15, 0.2) is 0 Å². The molecular formula is C18H23NO2. The average molecular weight is 285 g/mol. The van der Waals surface area contributed by atoms with Crippen LogP contribution in [0.3, 0.4) is 0 Å². The Bertz CT molecular complexity index is 528. The molecule has 2 aromatic rings. The van der Waals surface area contributed by atoms with E-state index in [-0.39, 0.29) is 6.10 Å². The van der Waals surface area contributed by atoms with Crippen LogP contribution in [0.2, 0.25) is 0 Å². The van der Waals surface area contributed by atoms with Gasteiger partial charge in [-0.1, -0.05) is 42.5 Å². The number of hydrogen-bond donors (Lipinski definition) is 1. The zero-order chi connectivity index (χ0) is 14.9. The highest BCUT2D eigenvalue weighted by molar-refractivity contribution is 5.30. The average Bonchev–Trinajstić information content (AvgIpc) is 2.56. The Morgan fingerprint density at radius 2 is 1.86 bits per heavy atom. The van der Waals surface area contributed by atoms with E-state index < -0.39 is 0 Å². The molecular weight excluding hydrogens is 262 g/mol. The summed E-state index contributed by atoms with van der Waals surface area (Å²) in [5.74, 6) is 0.832. The van der Waals surface area contributed by atoms with Crippen LogP contribution in [0.25, 0.3) is 0 Å². The van der Waals surface area contributed by atoms with Gasteiger partial charge in [-0.2, -0.15) is 0 Å². The Balaban J connectivity index is 1.82. The van der Waals surface area contributed by atoms with Crippen LogP contribution >= 0.6 is 0 Å². The third-order valence-electron chi connectivity index (χ3n) is 3.45. The molecule has 0 heterocycles. The first kappa shape index (κ1) is 15.5. The lowest BCUT2D eigenvalue weighted by molar-refractivity contribution is 0.0569. The van der Waals surface area contributed by atoms with Crippen molar-refractivity contribution >= 4 is 0 Å². The molecule has 3 nitrogen and oxygen atoms in total. The van der Waals surface area contributed by atoms with E-state index in [9.17, 15) is 0 Å². The minimum atomic E-state index is -0.0733. The van der Waals surface area contributed by atoms with Gasteiger partial charge in [0, 0.05) is 13.2 Å². The van der Waals surface area contributed by atoms with Gasteiger partial charge in [0.05, 0.1) is 13.2 Å². The minimum Gasteiger partial charge on any atom is -0.497 e. The van der Waals surface area contributed by atoms with Gasteiger partial charge in [-0.05, 0) is 36.1 Å². The third-order valence-corrected chi connectivity index (χ3v) is 3.45. The highest BCUT2D eigenvalue weighted by Gasteiger charge is 2.10. The number of ether oxygens (including phenoxy) is 2. The minimum absolute atomic E-state index is 0.0733. The fraction of sp³-hybridized carbons (Fsp3) is 0.333. The number of hydrogen-bond acceptors (Lipinski definition) is 3. The highest BCUT2D eigenvalue weighted by atomic mass is 16.5. The van der Waals surface area contributed by atoms with Crippen LogP contribution in [0.4, 0.5) is 0 Å². The maximum atomic E-state index is 5.92. The van der Waals surface area contributed by atoms with Crippen LogP contribution in [-0.2, 0) is 11.2 Å². The Morgan fingerprint density at radius 3 is 2.57 bits per heavy atom. The number of benzene rings is 2. The van der Waals surface area contributed by atoms with Gasteiger partial charge in [-0.25, -0.2) is 0 Å². The summed E-state index contributed by atoms with van der Waals surface area (Å²) in [5, 5.41) is 0. The molecule has 0 aliphatic carbocycles. The summed E-state index contributed by atoms with van der Waals surface area (Å²) in [6, 6.07) is 18.3. The van der Waals surface area contributed by atoms with Crippen molar-refractivity contribution in [1.82, 2.24) is 0 Å². The Hall–Kier alpha value is -1.84. The fourth-order valence-electron chi connectivity index (χ4n) is 2.29. The van der Waals surface area contributed by atoms with E-state index in [1.54, 1.807) is 7.11 Å². The van der Waals surface area contributed by atoms with E-state index in [2.05, 4.69) is 24.3 Å². The molecule has 0 radical (unpaired) electrons. The molecule has 0 aromatic heterocycles. The summed E-state index contributed by atoms with van der Waals surface area (Å²) < 4.78 is 11.2. The zero-order valence-electron chi connectivity index (χ0n) is 12.5. The molecule has 0 spiro atoms. The fourth-order valence-corrected chi connectivity index (χ4v) is 2.29. The monoisotopic (exact) mass is 285 g/mol. The van der Waals surface area contributed by atoms with Crippen molar-refractivity contribution in [2.24, 2.45) is 5.73 Å². The molecule has 1 atom stereocenters. The summed E-state index contributed by atoms with van der Waals surface area (Å²) in [6.45, 7) is 1.17. The zero-order valence-corrected chi connectivity index (χ0v) is 12.5. The van der Waals surface area contributed by atoms with Crippen LogP contribution < -0.4 is 10.5 Å². The van der Waals surface area contributed by atoms with Crippen molar-refractivity contribution in [3.63, 3.8) is 0 Å². The molecule has 0 saturated heterocycles. The second-order valence-corrected chi connectivity index (χ2v) is 4.96. The Morgan fingerprint density at radius 1 is 1.05 bits per heavy atom. The lowest BCUT2D eigenvalue weighted by Gasteiger charge is -2.17. The van der Waals surface area contributed by atoms with Crippen molar-refractivity contribution in [2.75, 3.05) is 20.3 Å². The predicted molar refractivity (Wildman–Crippen MR) is 85.5 cm³/mol. The smallest absolute Gasteiger partial charge is 0.119 e. The predicted octanol–water partition coefficient (Wildman–Crippen LogP) is 3.34. The third kappa shape index (κ3) is 4.88. The molecule has 21 heavy (non-hydrogen) atoms. The molecule has 1 unspecified atom stereocenters. The van der Waals surface area contributed by atoms with Gasteiger partial charge in [0.25, 0.3) is 0 Å². The van der Waals surface area contributed by atoms with E-state index in [0.29, 0.717) is 13.2 Å². The quantitative estimate of drug-likeness (QED) is 0.757. The SMILES string of the molecule is COc1cccc(C(CN)OCCCc2ccccc2)c1. The van der Waals surface area contributed by atoms with Crippen molar-refractivity contribution in [2.45, 2.75) is 18.9 Å². The Labute approximate surface area is 126 Å². The second-order valence-electron chi connectivity index (χ2n) is 4.96. The van der Waals surface area contributed by atoms with Gasteiger partial charge < -0.3 is 15.2 Å². The van der Waals surface area contributed by atoms with Crippen molar-refractivity contribution < 1.29 is 9.47 Å². The standard InChI is InChI=1S/C18H23NO2/c1-20-17-11-5-10-16(13-17)18(14-19)21-12-6-9-15-7-3-2-4-8-15/h2-5,7-8,10-11,13,18H,6,9,12,14,19H2,1H3. The molecule has 0 aliphatic rings. The van der Waals surface area contributed by atoms with E-state index in [1.807, 2.05) is 30.3 Å². The summed E-state index contributed by atoms with van der Waals surface area (Å²) >= 11 is 0. The second kappa shape index (κ2) is 8.45. The molecule has 2 aromatic carbocycles. The summed E-state index contributed by atoms with van der Waals surface area (Å²) in [5.41, 5.74) is 8.23. The van der Waals surface area contributed by atoms with Gasteiger partial charge in [-0.3, -0.25) is 0 Å². The van der Waals surface area contributed by atoms with Crippen LogP contribution in [-0.4, -0.2) is 20.3 Å². The number of aryl methyl sites for hydroxylation is 1. The number of rotatable bonds is 8. The molecule has 0 amide bonds. The summed E-state index contributed by atoms with van der Waals surface area (Å²) in [4.78, 5) is 0. The molecule has 2 N–H and O–H groups in total. The van der Waals surface area contributed by atoms with Gasteiger partial charge in [-0.15, -0.1) is 0 Å². The molecule has 3 heteroatoms. The summed E-state index contributed by atoms with van der Waals surface area (Å²) in [6.07, 6.45) is 1.94. The van der Waals surface area contributed by atoms with Gasteiger partial charge >= 0.3 is 0 Å². The van der Waals surface area contributed by atoms with E-state index in [0.717, 1.165) is 24.2 Å². The maximum absolute atomic E-state index is 5.92. The van der Waals surface area contributed by atoms with Gasteiger partial charge in [0.1, 0.15) is 5.75 Å².